The van der Waals surface area contributed by atoms with Crippen molar-refractivity contribution < 1.29 is 4.58 Å². The minimum Gasteiger partial charge on any atom is -0.237 e. The van der Waals surface area contributed by atoms with Crippen LogP contribution in [0.15, 0.2) is 30.3 Å². The number of hydrogen-bond acceptors (Lipinski definition) is 0. The van der Waals surface area contributed by atoms with E-state index in [9.17, 15) is 0 Å². The molecule has 0 saturated heterocycles. The van der Waals surface area contributed by atoms with Gasteiger partial charge in [0, 0.05) is 12.8 Å². The van der Waals surface area contributed by atoms with Crippen molar-refractivity contribution in [3.05, 3.63) is 35.9 Å². The molecule has 2 atom stereocenters. The van der Waals surface area contributed by atoms with Crippen LogP contribution >= 0.6 is 0 Å². The Morgan fingerprint density at radius 2 is 1.93 bits per heavy atom. The van der Waals surface area contributed by atoms with Gasteiger partial charge in [-0.1, -0.05) is 37.3 Å². The Kier molecular flexibility index (Phi) is 2.90. The summed E-state index contributed by atoms with van der Waals surface area (Å²) in [6, 6.07) is 11.6. The zero-order valence-corrected chi connectivity index (χ0v) is 9.90. The third-order valence-electron chi connectivity index (χ3n) is 3.66. The number of hydrogen-bond donors (Lipinski definition) is 0. The molecule has 2 rings (SSSR count). The highest BCUT2D eigenvalue weighted by Crippen LogP contribution is 2.30. The van der Waals surface area contributed by atoms with Crippen molar-refractivity contribution in [2.45, 2.75) is 38.6 Å². The Balaban J connectivity index is 2.33. The molecule has 1 aliphatic heterocycles. The Morgan fingerprint density at radius 3 is 2.53 bits per heavy atom. The summed E-state index contributed by atoms with van der Waals surface area (Å²) in [6.45, 7) is 4.58. The van der Waals surface area contributed by atoms with Crippen LogP contribution in [-0.2, 0) is 0 Å². The van der Waals surface area contributed by atoms with Crippen molar-refractivity contribution in [3.63, 3.8) is 0 Å². The largest absolute Gasteiger partial charge is 0.237 e. The lowest BCUT2D eigenvalue weighted by molar-refractivity contribution is -0.526. The number of benzene rings is 1. The van der Waals surface area contributed by atoms with Gasteiger partial charge in [-0.25, -0.2) is 4.58 Å². The molecular formula is C14H20N+. The first-order valence-electron chi connectivity index (χ1n) is 5.87. The first kappa shape index (κ1) is 10.4. The molecule has 0 saturated carbocycles. The summed E-state index contributed by atoms with van der Waals surface area (Å²) in [5.41, 5.74) is 3.07. The van der Waals surface area contributed by atoms with E-state index in [-0.39, 0.29) is 0 Å². The molecule has 15 heavy (non-hydrogen) atoms. The maximum atomic E-state index is 2.46. The van der Waals surface area contributed by atoms with Crippen molar-refractivity contribution in [3.8, 4) is 0 Å². The summed E-state index contributed by atoms with van der Waals surface area (Å²) in [5, 5.41) is 0. The molecule has 0 amide bonds. The van der Waals surface area contributed by atoms with Gasteiger partial charge in [-0.2, -0.15) is 0 Å². The predicted octanol–water partition coefficient (Wildman–Crippen LogP) is 3.06. The van der Waals surface area contributed by atoms with Crippen LogP contribution in [0.5, 0.6) is 0 Å². The molecule has 1 heteroatoms. The summed E-state index contributed by atoms with van der Waals surface area (Å²) in [6.07, 6.45) is 2.43. The normalized spacial score (nSPS) is 26.1. The maximum Gasteiger partial charge on any atom is 0.159 e. The molecule has 0 unspecified atom stereocenters. The fourth-order valence-electron chi connectivity index (χ4n) is 2.67. The lowest BCUT2D eigenvalue weighted by Crippen LogP contribution is -2.17. The molecule has 0 spiro atoms. The third-order valence-corrected chi connectivity index (χ3v) is 3.66. The van der Waals surface area contributed by atoms with Crippen LogP contribution in [0.3, 0.4) is 0 Å². The quantitative estimate of drug-likeness (QED) is 0.648. The molecule has 0 bridgehead atoms. The van der Waals surface area contributed by atoms with E-state index in [2.05, 4.69) is 55.8 Å². The molecule has 1 aliphatic rings. The topological polar surface area (TPSA) is 3.01 Å². The highest BCUT2D eigenvalue weighted by molar-refractivity contribution is 5.87. The molecular weight excluding hydrogens is 182 g/mol. The zero-order valence-electron chi connectivity index (χ0n) is 9.90. The van der Waals surface area contributed by atoms with Crippen molar-refractivity contribution in [1.29, 1.82) is 0 Å². The van der Waals surface area contributed by atoms with Crippen molar-refractivity contribution in [1.82, 2.24) is 0 Å². The standard InChI is InChI=1S/C14H20N/c1-4-14-13(10-11(2)15(14)3)12-8-6-5-7-9-12/h5-9,11,13H,4,10H2,1-3H3/q+1/t11-,13+/m0/s1. The molecule has 0 radical (unpaired) electrons. The highest BCUT2D eigenvalue weighted by Gasteiger charge is 2.35. The first-order valence-corrected chi connectivity index (χ1v) is 5.87. The summed E-state index contributed by atoms with van der Waals surface area (Å²) in [7, 11) is 2.23. The summed E-state index contributed by atoms with van der Waals surface area (Å²) in [4.78, 5) is 0. The average Bonchev–Trinajstić information content (AvgIpc) is 2.56. The maximum absolute atomic E-state index is 2.46. The SMILES string of the molecule is CCC1=[N+](C)[C@@H](C)C[C@@H]1c1ccccc1. The fourth-order valence-corrected chi connectivity index (χ4v) is 2.67. The molecule has 0 aromatic heterocycles. The molecule has 1 nitrogen and oxygen atoms in total. The van der Waals surface area contributed by atoms with E-state index in [1.54, 1.807) is 5.71 Å². The van der Waals surface area contributed by atoms with Crippen LogP contribution in [0.25, 0.3) is 0 Å². The molecule has 1 heterocycles. The van der Waals surface area contributed by atoms with Crippen LogP contribution in [0, 0.1) is 0 Å². The van der Waals surface area contributed by atoms with Crippen molar-refractivity contribution in [2.75, 3.05) is 7.05 Å². The molecule has 0 N–H and O–H groups in total. The van der Waals surface area contributed by atoms with E-state index in [0.29, 0.717) is 12.0 Å². The highest BCUT2D eigenvalue weighted by atomic mass is 15.0. The Morgan fingerprint density at radius 1 is 1.27 bits per heavy atom. The second kappa shape index (κ2) is 4.18. The molecule has 0 fully saturated rings. The molecule has 1 aromatic rings. The second-order valence-corrected chi connectivity index (χ2v) is 4.50. The smallest absolute Gasteiger partial charge is 0.159 e. The molecule has 1 aromatic carbocycles. The van der Waals surface area contributed by atoms with E-state index in [1.807, 2.05) is 0 Å². The van der Waals surface area contributed by atoms with E-state index >= 15 is 0 Å². The summed E-state index contributed by atoms with van der Waals surface area (Å²) >= 11 is 0. The third kappa shape index (κ3) is 1.83. The van der Waals surface area contributed by atoms with E-state index < -0.39 is 0 Å². The number of rotatable bonds is 2. The predicted molar refractivity (Wildman–Crippen MR) is 64.7 cm³/mol. The van der Waals surface area contributed by atoms with Gasteiger partial charge in [0.15, 0.2) is 11.8 Å². The van der Waals surface area contributed by atoms with Crippen LogP contribution in [0.1, 0.15) is 38.2 Å². The lowest BCUT2D eigenvalue weighted by Gasteiger charge is -2.07. The number of nitrogens with zero attached hydrogens (tertiary/aromatic N) is 1. The Hall–Kier alpha value is -1.11. The minimum atomic E-state index is 0.649. The van der Waals surface area contributed by atoms with E-state index in [4.69, 9.17) is 0 Å². The first-order chi connectivity index (χ1) is 7.24. The van der Waals surface area contributed by atoms with Gasteiger partial charge >= 0.3 is 0 Å². The van der Waals surface area contributed by atoms with Gasteiger partial charge in [-0.3, -0.25) is 0 Å². The zero-order chi connectivity index (χ0) is 10.8. The van der Waals surface area contributed by atoms with Gasteiger partial charge in [0.25, 0.3) is 0 Å². The van der Waals surface area contributed by atoms with Gasteiger partial charge in [0.05, 0.1) is 5.92 Å². The molecule has 0 aliphatic carbocycles. The van der Waals surface area contributed by atoms with Gasteiger partial charge in [0.1, 0.15) is 7.05 Å². The van der Waals surface area contributed by atoms with Crippen molar-refractivity contribution in [2.24, 2.45) is 0 Å². The van der Waals surface area contributed by atoms with Crippen molar-refractivity contribution >= 4 is 5.71 Å². The fraction of sp³-hybridized carbons (Fsp3) is 0.500. The van der Waals surface area contributed by atoms with Crippen LogP contribution in [0.2, 0.25) is 0 Å². The second-order valence-electron chi connectivity index (χ2n) is 4.50. The van der Waals surface area contributed by atoms with Gasteiger partial charge < -0.3 is 0 Å². The Labute approximate surface area is 92.5 Å². The van der Waals surface area contributed by atoms with Crippen LogP contribution in [-0.4, -0.2) is 23.4 Å². The van der Waals surface area contributed by atoms with Crippen LogP contribution < -0.4 is 0 Å². The molecule has 80 valence electrons. The summed E-state index contributed by atoms with van der Waals surface area (Å²) < 4.78 is 2.46. The van der Waals surface area contributed by atoms with Gasteiger partial charge in [0.2, 0.25) is 0 Å². The van der Waals surface area contributed by atoms with Gasteiger partial charge in [-0.15, -0.1) is 0 Å². The minimum absolute atomic E-state index is 0.649. The van der Waals surface area contributed by atoms with Gasteiger partial charge in [-0.05, 0) is 12.5 Å². The average molecular weight is 202 g/mol. The Bertz CT molecular complexity index is 364. The summed E-state index contributed by atoms with van der Waals surface area (Å²) in [5.74, 6) is 0.649. The van der Waals surface area contributed by atoms with Crippen LogP contribution in [0.4, 0.5) is 0 Å². The monoisotopic (exact) mass is 202 g/mol. The lowest BCUT2D eigenvalue weighted by atomic mass is 9.90. The van der Waals surface area contributed by atoms with E-state index in [0.717, 1.165) is 0 Å². The van der Waals surface area contributed by atoms with E-state index in [1.165, 1.54) is 18.4 Å².